The predicted octanol–water partition coefficient (Wildman–Crippen LogP) is 1.59. The van der Waals surface area contributed by atoms with E-state index in [2.05, 4.69) is 6.92 Å². The second-order valence-electron chi connectivity index (χ2n) is 5.16. The zero-order chi connectivity index (χ0) is 13.9. The van der Waals surface area contributed by atoms with Crippen LogP contribution in [-0.2, 0) is 0 Å². The van der Waals surface area contributed by atoms with Crippen LogP contribution in [0.25, 0.3) is 0 Å². The van der Waals surface area contributed by atoms with E-state index in [4.69, 9.17) is 5.11 Å². The molecule has 0 radical (unpaired) electrons. The van der Waals surface area contributed by atoms with Gasteiger partial charge in [-0.3, -0.25) is 0 Å². The van der Waals surface area contributed by atoms with E-state index < -0.39 is 11.7 Å². The fourth-order valence-corrected chi connectivity index (χ4v) is 2.10. The van der Waals surface area contributed by atoms with Crippen molar-refractivity contribution in [1.82, 2.24) is 0 Å². The summed E-state index contributed by atoms with van der Waals surface area (Å²) in [6.45, 7) is 1.89. The first-order chi connectivity index (χ1) is 8.60. The molecular formula is C14H30O4. The Bertz CT molecular complexity index is 187. The Morgan fingerprint density at radius 3 is 2.17 bits per heavy atom. The molecule has 4 N–H and O–H groups in total. The molecule has 0 aliphatic rings. The van der Waals surface area contributed by atoms with Crippen LogP contribution in [0.2, 0.25) is 0 Å². The Labute approximate surface area is 111 Å². The van der Waals surface area contributed by atoms with E-state index in [-0.39, 0.29) is 13.2 Å². The van der Waals surface area contributed by atoms with Gasteiger partial charge in [0.25, 0.3) is 0 Å². The molecule has 0 aliphatic carbocycles. The number of aliphatic hydroxyl groups is 4. The molecule has 0 bridgehead atoms. The minimum atomic E-state index is -1.35. The molecule has 0 saturated heterocycles. The molecule has 0 fully saturated rings. The lowest BCUT2D eigenvalue weighted by Crippen LogP contribution is -2.45. The summed E-state index contributed by atoms with van der Waals surface area (Å²) in [7, 11) is 0. The lowest BCUT2D eigenvalue weighted by molar-refractivity contribution is -0.114. The van der Waals surface area contributed by atoms with Crippen LogP contribution in [0.3, 0.4) is 0 Å². The van der Waals surface area contributed by atoms with Gasteiger partial charge in [-0.25, -0.2) is 0 Å². The molecule has 0 spiro atoms. The number of hydrogen-bond donors (Lipinski definition) is 4. The molecule has 0 rings (SSSR count). The smallest absolute Gasteiger partial charge is 0.113 e. The molecule has 0 saturated carbocycles. The molecule has 2 unspecified atom stereocenters. The maximum absolute atomic E-state index is 10.2. The molecule has 0 heterocycles. The van der Waals surface area contributed by atoms with Gasteiger partial charge in [-0.2, -0.15) is 0 Å². The van der Waals surface area contributed by atoms with Gasteiger partial charge in [0.1, 0.15) is 5.60 Å². The first kappa shape index (κ1) is 17.8. The van der Waals surface area contributed by atoms with Gasteiger partial charge in [0, 0.05) is 6.61 Å². The molecule has 4 heteroatoms. The van der Waals surface area contributed by atoms with Crippen molar-refractivity contribution in [2.24, 2.45) is 0 Å². The van der Waals surface area contributed by atoms with Crippen molar-refractivity contribution < 1.29 is 20.4 Å². The summed E-state index contributed by atoms with van der Waals surface area (Å²) in [4.78, 5) is 0. The van der Waals surface area contributed by atoms with Gasteiger partial charge in [-0.15, -0.1) is 0 Å². The van der Waals surface area contributed by atoms with Crippen LogP contribution in [0, 0.1) is 0 Å². The zero-order valence-electron chi connectivity index (χ0n) is 11.6. The van der Waals surface area contributed by atoms with E-state index in [1.54, 1.807) is 0 Å². The Balaban J connectivity index is 3.92. The molecule has 4 nitrogen and oxygen atoms in total. The van der Waals surface area contributed by atoms with Crippen LogP contribution < -0.4 is 0 Å². The summed E-state index contributed by atoms with van der Waals surface area (Å²) in [5, 5.41) is 38.1. The Morgan fingerprint density at radius 2 is 1.61 bits per heavy atom. The second-order valence-corrected chi connectivity index (χ2v) is 5.16. The molecule has 2 atom stereocenters. The third-order valence-corrected chi connectivity index (χ3v) is 3.49. The molecule has 0 aromatic rings. The predicted molar refractivity (Wildman–Crippen MR) is 72.4 cm³/mol. The SMILES string of the molecule is CCCCCCC(O)(CO)C(O)CCCCCO. The van der Waals surface area contributed by atoms with Gasteiger partial charge in [-0.1, -0.05) is 45.4 Å². The summed E-state index contributed by atoms with van der Waals surface area (Å²) in [6.07, 6.45) is 6.48. The second kappa shape index (κ2) is 10.7. The van der Waals surface area contributed by atoms with Crippen molar-refractivity contribution in [2.75, 3.05) is 13.2 Å². The van der Waals surface area contributed by atoms with Crippen molar-refractivity contribution in [3.05, 3.63) is 0 Å². The van der Waals surface area contributed by atoms with Crippen LogP contribution in [0.15, 0.2) is 0 Å². The van der Waals surface area contributed by atoms with Crippen LogP contribution in [0.4, 0.5) is 0 Å². The molecule has 110 valence electrons. The number of rotatable bonds is 12. The van der Waals surface area contributed by atoms with E-state index in [1.165, 1.54) is 0 Å². The average Bonchev–Trinajstić information content (AvgIpc) is 2.39. The van der Waals surface area contributed by atoms with E-state index in [0.29, 0.717) is 12.8 Å². The maximum Gasteiger partial charge on any atom is 0.113 e. The Hall–Kier alpha value is -0.160. The van der Waals surface area contributed by atoms with E-state index in [0.717, 1.165) is 44.9 Å². The third kappa shape index (κ3) is 7.31. The normalized spacial score (nSPS) is 16.5. The molecule has 0 aromatic carbocycles. The number of hydrogen-bond acceptors (Lipinski definition) is 4. The van der Waals surface area contributed by atoms with Gasteiger partial charge < -0.3 is 20.4 Å². The lowest BCUT2D eigenvalue weighted by atomic mass is 9.88. The monoisotopic (exact) mass is 262 g/mol. The van der Waals surface area contributed by atoms with Gasteiger partial charge in [0.15, 0.2) is 0 Å². The first-order valence-corrected chi connectivity index (χ1v) is 7.23. The van der Waals surface area contributed by atoms with Crippen LogP contribution in [-0.4, -0.2) is 45.3 Å². The Morgan fingerprint density at radius 1 is 0.944 bits per heavy atom. The Kier molecular flexibility index (Phi) is 10.6. The van der Waals surface area contributed by atoms with Crippen molar-refractivity contribution in [1.29, 1.82) is 0 Å². The molecule has 18 heavy (non-hydrogen) atoms. The summed E-state index contributed by atoms with van der Waals surface area (Å²) >= 11 is 0. The number of aliphatic hydroxyl groups excluding tert-OH is 3. The van der Waals surface area contributed by atoms with E-state index in [1.807, 2.05) is 0 Å². The minimum absolute atomic E-state index is 0.164. The fraction of sp³-hybridized carbons (Fsp3) is 1.00. The quantitative estimate of drug-likeness (QED) is 0.403. The first-order valence-electron chi connectivity index (χ1n) is 7.23. The van der Waals surface area contributed by atoms with Crippen molar-refractivity contribution in [3.63, 3.8) is 0 Å². The highest BCUT2D eigenvalue weighted by molar-refractivity contribution is 4.85. The summed E-state index contributed by atoms with van der Waals surface area (Å²) in [5.41, 5.74) is -1.35. The van der Waals surface area contributed by atoms with Crippen molar-refractivity contribution >= 4 is 0 Å². The average molecular weight is 262 g/mol. The van der Waals surface area contributed by atoms with E-state index in [9.17, 15) is 15.3 Å². The fourth-order valence-electron chi connectivity index (χ4n) is 2.10. The third-order valence-electron chi connectivity index (χ3n) is 3.49. The number of unbranched alkanes of at least 4 members (excludes halogenated alkanes) is 5. The van der Waals surface area contributed by atoms with Gasteiger partial charge in [0.2, 0.25) is 0 Å². The molecule has 0 aromatic heterocycles. The van der Waals surface area contributed by atoms with Crippen molar-refractivity contribution in [2.45, 2.75) is 76.4 Å². The molecule has 0 aliphatic heterocycles. The van der Waals surface area contributed by atoms with Gasteiger partial charge >= 0.3 is 0 Å². The summed E-state index contributed by atoms with van der Waals surface area (Å²) in [5.74, 6) is 0. The van der Waals surface area contributed by atoms with Crippen molar-refractivity contribution in [3.8, 4) is 0 Å². The van der Waals surface area contributed by atoms with Gasteiger partial charge in [0.05, 0.1) is 12.7 Å². The van der Waals surface area contributed by atoms with Crippen LogP contribution >= 0.6 is 0 Å². The highest BCUT2D eigenvalue weighted by Gasteiger charge is 2.33. The summed E-state index contributed by atoms with van der Waals surface area (Å²) in [6, 6.07) is 0. The van der Waals surface area contributed by atoms with Gasteiger partial charge in [-0.05, 0) is 19.3 Å². The molecular weight excluding hydrogens is 232 g/mol. The van der Waals surface area contributed by atoms with Crippen LogP contribution in [0.1, 0.15) is 64.7 Å². The zero-order valence-corrected chi connectivity index (χ0v) is 11.6. The topological polar surface area (TPSA) is 80.9 Å². The minimum Gasteiger partial charge on any atom is -0.396 e. The molecule has 0 amide bonds. The summed E-state index contributed by atoms with van der Waals surface area (Å²) < 4.78 is 0. The maximum atomic E-state index is 10.2. The lowest BCUT2D eigenvalue weighted by Gasteiger charge is -2.31. The highest BCUT2D eigenvalue weighted by Crippen LogP contribution is 2.23. The largest absolute Gasteiger partial charge is 0.396 e. The highest BCUT2D eigenvalue weighted by atomic mass is 16.4. The standard InChI is InChI=1S/C14H30O4/c1-2-3-4-7-10-14(18,12-16)13(17)9-6-5-8-11-15/h13,15-18H,2-12H2,1H3. The van der Waals surface area contributed by atoms with Crippen LogP contribution in [0.5, 0.6) is 0 Å². The van der Waals surface area contributed by atoms with E-state index >= 15 is 0 Å².